The van der Waals surface area contributed by atoms with Crippen LogP contribution in [-0.2, 0) is 9.53 Å². The van der Waals surface area contributed by atoms with Crippen LogP contribution in [0.2, 0.25) is 0 Å². The topological polar surface area (TPSA) is 26.3 Å². The highest BCUT2D eigenvalue weighted by atomic mass is 16.5. The number of rotatable bonds is 7. The highest BCUT2D eigenvalue weighted by Crippen LogP contribution is 2.45. The van der Waals surface area contributed by atoms with Crippen molar-refractivity contribution in [2.24, 2.45) is 23.7 Å². The molecular formula is C23H36O2. The fourth-order valence-corrected chi connectivity index (χ4v) is 5.08. The van der Waals surface area contributed by atoms with Gasteiger partial charge in [0.2, 0.25) is 0 Å². The molecule has 0 aromatic heterocycles. The van der Waals surface area contributed by atoms with Gasteiger partial charge in [-0.1, -0.05) is 44.4 Å². The lowest BCUT2D eigenvalue weighted by Crippen LogP contribution is -2.13. The van der Waals surface area contributed by atoms with E-state index in [-0.39, 0.29) is 5.97 Å². The van der Waals surface area contributed by atoms with Crippen LogP contribution < -0.4 is 0 Å². The van der Waals surface area contributed by atoms with Gasteiger partial charge in [0.15, 0.2) is 0 Å². The summed E-state index contributed by atoms with van der Waals surface area (Å²) in [7, 11) is 0. The number of ether oxygens (including phenoxy) is 1. The zero-order valence-corrected chi connectivity index (χ0v) is 16.3. The number of allylic oxidation sites excluding steroid dienone is 3. The van der Waals surface area contributed by atoms with E-state index in [1.54, 1.807) is 0 Å². The Hall–Kier alpha value is -1.05. The Morgan fingerprint density at radius 1 is 0.960 bits per heavy atom. The summed E-state index contributed by atoms with van der Waals surface area (Å²) >= 11 is 0. The smallest absolute Gasteiger partial charge is 0.333 e. The van der Waals surface area contributed by atoms with Gasteiger partial charge in [-0.3, -0.25) is 0 Å². The van der Waals surface area contributed by atoms with Gasteiger partial charge >= 0.3 is 5.97 Å². The Labute approximate surface area is 154 Å². The maximum absolute atomic E-state index is 11.6. The van der Waals surface area contributed by atoms with E-state index >= 15 is 0 Å². The summed E-state index contributed by atoms with van der Waals surface area (Å²) in [5.41, 5.74) is 2.78. The van der Waals surface area contributed by atoms with Crippen molar-refractivity contribution in [3.8, 4) is 0 Å². The van der Waals surface area contributed by atoms with Crippen molar-refractivity contribution in [1.82, 2.24) is 0 Å². The molecular weight excluding hydrogens is 308 g/mol. The van der Waals surface area contributed by atoms with Crippen molar-refractivity contribution >= 4 is 5.97 Å². The van der Waals surface area contributed by atoms with Crippen molar-refractivity contribution in [3.05, 3.63) is 23.3 Å². The van der Waals surface area contributed by atoms with E-state index in [1.165, 1.54) is 57.8 Å². The minimum Gasteiger partial charge on any atom is -0.462 e. The van der Waals surface area contributed by atoms with E-state index in [0.29, 0.717) is 18.4 Å². The van der Waals surface area contributed by atoms with E-state index in [4.69, 9.17) is 4.74 Å². The standard InChI is InChI=1S/C12H18O2.C11H18/c1-2-3-6-14-12(13)11-8-9-4-5-10(11)7-9;1-2-3-4-10-7-9-5-6-11(10)8-9/h8-10H,2-7H2,1H3;7,9,11H,2-6,8H2,1H3. The first kappa shape index (κ1) is 18.7. The fraction of sp³-hybridized carbons (Fsp3) is 0.783. The third-order valence-corrected chi connectivity index (χ3v) is 6.56. The van der Waals surface area contributed by atoms with E-state index in [0.717, 1.165) is 30.3 Å². The second kappa shape index (κ2) is 9.05. The third kappa shape index (κ3) is 4.77. The molecule has 0 amide bonds. The number of esters is 1. The minimum atomic E-state index is -0.0503. The molecule has 0 aliphatic heterocycles. The molecule has 0 heterocycles. The predicted molar refractivity (Wildman–Crippen MR) is 103 cm³/mol. The first-order valence-electron chi connectivity index (χ1n) is 10.8. The molecule has 2 heteroatoms. The van der Waals surface area contributed by atoms with Crippen molar-refractivity contribution < 1.29 is 9.53 Å². The predicted octanol–water partition coefficient (Wildman–Crippen LogP) is 6.22. The average Bonchev–Trinajstić information content (AvgIpc) is 3.41. The van der Waals surface area contributed by atoms with Gasteiger partial charge in [-0.15, -0.1) is 0 Å². The molecule has 4 aliphatic carbocycles. The molecule has 4 rings (SSSR count). The number of carbonyl (C=O) groups is 1. The lowest BCUT2D eigenvalue weighted by atomic mass is 9.94. The molecule has 4 bridgehead atoms. The second-order valence-corrected chi connectivity index (χ2v) is 8.50. The molecule has 2 fully saturated rings. The zero-order valence-electron chi connectivity index (χ0n) is 16.3. The Morgan fingerprint density at radius 3 is 2.16 bits per heavy atom. The highest BCUT2D eigenvalue weighted by Gasteiger charge is 2.36. The number of carbonyl (C=O) groups excluding carboxylic acids is 1. The molecule has 25 heavy (non-hydrogen) atoms. The van der Waals surface area contributed by atoms with Crippen LogP contribution in [0.1, 0.15) is 84.5 Å². The van der Waals surface area contributed by atoms with Gasteiger partial charge in [-0.05, 0) is 81.5 Å². The quantitative estimate of drug-likeness (QED) is 0.311. The maximum atomic E-state index is 11.6. The molecule has 0 aromatic rings. The highest BCUT2D eigenvalue weighted by molar-refractivity contribution is 5.89. The van der Waals surface area contributed by atoms with Crippen LogP contribution in [0.5, 0.6) is 0 Å². The number of hydrogen-bond donors (Lipinski definition) is 0. The number of fused-ring (bicyclic) bond motifs is 4. The largest absolute Gasteiger partial charge is 0.462 e. The lowest BCUT2D eigenvalue weighted by Gasteiger charge is -2.12. The van der Waals surface area contributed by atoms with Crippen LogP contribution in [0.25, 0.3) is 0 Å². The Balaban J connectivity index is 0.000000150. The average molecular weight is 345 g/mol. The van der Waals surface area contributed by atoms with Crippen LogP contribution in [0.15, 0.2) is 23.3 Å². The Bertz CT molecular complexity index is 516. The molecule has 0 saturated heterocycles. The van der Waals surface area contributed by atoms with E-state index < -0.39 is 0 Å². The van der Waals surface area contributed by atoms with Gasteiger partial charge < -0.3 is 4.74 Å². The van der Waals surface area contributed by atoms with Gasteiger partial charge in [0.25, 0.3) is 0 Å². The van der Waals surface area contributed by atoms with Gasteiger partial charge in [0, 0.05) is 5.57 Å². The molecule has 2 nitrogen and oxygen atoms in total. The summed E-state index contributed by atoms with van der Waals surface area (Å²) in [5, 5.41) is 0. The summed E-state index contributed by atoms with van der Waals surface area (Å²) < 4.78 is 5.21. The van der Waals surface area contributed by atoms with Crippen LogP contribution in [0.4, 0.5) is 0 Å². The van der Waals surface area contributed by atoms with Crippen molar-refractivity contribution in [3.63, 3.8) is 0 Å². The maximum Gasteiger partial charge on any atom is 0.333 e. The first-order chi connectivity index (χ1) is 12.2. The monoisotopic (exact) mass is 344 g/mol. The molecule has 4 atom stereocenters. The Kier molecular flexibility index (Phi) is 6.78. The normalized spacial score (nSPS) is 31.4. The summed E-state index contributed by atoms with van der Waals surface area (Å²) in [6.45, 7) is 4.97. The summed E-state index contributed by atoms with van der Waals surface area (Å²) in [6.07, 6.45) is 19.1. The van der Waals surface area contributed by atoms with Gasteiger partial charge in [0.05, 0.1) is 6.61 Å². The number of unbranched alkanes of at least 4 members (excludes halogenated alkanes) is 2. The van der Waals surface area contributed by atoms with Crippen molar-refractivity contribution in [2.45, 2.75) is 84.5 Å². The third-order valence-electron chi connectivity index (χ3n) is 6.56. The van der Waals surface area contributed by atoms with Gasteiger partial charge in [0.1, 0.15) is 0 Å². The van der Waals surface area contributed by atoms with Crippen LogP contribution >= 0.6 is 0 Å². The van der Waals surface area contributed by atoms with Crippen LogP contribution in [0, 0.1) is 23.7 Å². The Morgan fingerprint density at radius 2 is 1.64 bits per heavy atom. The first-order valence-corrected chi connectivity index (χ1v) is 10.8. The van der Waals surface area contributed by atoms with E-state index in [9.17, 15) is 4.79 Å². The summed E-state index contributed by atoms with van der Waals surface area (Å²) in [6, 6.07) is 0. The van der Waals surface area contributed by atoms with Crippen LogP contribution in [-0.4, -0.2) is 12.6 Å². The van der Waals surface area contributed by atoms with Gasteiger partial charge in [-0.25, -0.2) is 4.79 Å². The second-order valence-electron chi connectivity index (χ2n) is 8.50. The lowest BCUT2D eigenvalue weighted by molar-refractivity contribution is -0.139. The molecule has 0 aromatic carbocycles. The minimum absolute atomic E-state index is 0.0503. The van der Waals surface area contributed by atoms with Crippen LogP contribution in [0.3, 0.4) is 0 Å². The fourth-order valence-electron chi connectivity index (χ4n) is 5.08. The molecule has 0 spiro atoms. The summed E-state index contributed by atoms with van der Waals surface area (Å²) in [5.74, 6) is 3.16. The van der Waals surface area contributed by atoms with E-state index in [2.05, 4.69) is 26.0 Å². The molecule has 0 N–H and O–H groups in total. The molecule has 140 valence electrons. The summed E-state index contributed by atoms with van der Waals surface area (Å²) in [4.78, 5) is 11.6. The number of hydrogen-bond acceptors (Lipinski definition) is 2. The molecule has 2 saturated carbocycles. The van der Waals surface area contributed by atoms with Gasteiger partial charge in [-0.2, -0.15) is 0 Å². The molecule has 4 aliphatic rings. The SMILES string of the molecule is CCCCC1=CC2CCC1C2.CCCCOC(=O)C1=CC2CCC1C2. The van der Waals surface area contributed by atoms with E-state index in [1.807, 2.05) is 5.57 Å². The molecule has 0 radical (unpaired) electrons. The molecule has 4 unspecified atom stereocenters. The van der Waals surface area contributed by atoms with Crippen molar-refractivity contribution in [1.29, 1.82) is 0 Å². The zero-order chi connectivity index (χ0) is 17.6. The van der Waals surface area contributed by atoms with Crippen molar-refractivity contribution in [2.75, 3.05) is 6.61 Å².